The highest BCUT2D eigenvalue weighted by atomic mass is 32.2. The maximum absolute atomic E-state index is 11.7. The maximum atomic E-state index is 11.7. The van der Waals surface area contributed by atoms with Gasteiger partial charge in [0.2, 0.25) is 10.0 Å². The van der Waals surface area contributed by atoms with Gasteiger partial charge in [0, 0.05) is 5.56 Å². The number of carbonyl (C=O) groups excluding carboxylic acids is 2. The molecule has 0 aromatic heterocycles. The van der Waals surface area contributed by atoms with Crippen LogP contribution in [-0.2, 0) is 14.8 Å². The topological polar surface area (TPSA) is 89.5 Å². The van der Waals surface area contributed by atoms with E-state index in [1.165, 1.54) is 25.3 Å². The van der Waals surface area contributed by atoms with E-state index < -0.39 is 16.0 Å². The number of rotatable bonds is 6. The number of anilines is 1. The normalized spacial score (nSPS) is 10.8. The monoisotopic (exact) mass is 285 g/mol. The van der Waals surface area contributed by atoms with E-state index in [1.54, 1.807) is 6.92 Å². The number of nitrogens with one attached hydrogen (secondary N) is 1. The van der Waals surface area contributed by atoms with Gasteiger partial charge in [-0.1, -0.05) is 13.0 Å². The minimum Gasteiger partial charge on any atom is -0.465 e. The minimum atomic E-state index is -3.55. The summed E-state index contributed by atoms with van der Waals surface area (Å²) in [6, 6.07) is 4.06. The van der Waals surface area contributed by atoms with Gasteiger partial charge < -0.3 is 4.74 Å². The van der Waals surface area contributed by atoms with Crippen molar-refractivity contribution < 1.29 is 22.7 Å². The zero-order valence-electron chi connectivity index (χ0n) is 10.7. The second-order valence-corrected chi connectivity index (χ2v) is 5.68. The van der Waals surface area contributed by atoms with Crippen molar-refractivity contribution in [3.63, 3.8) is 0 Å². The molecule has 0 saturated carbocycles. The van der Waals surface area contributed by atoms with E-state index in [4.69, 9.17) is 0 Å². The Morgan fingerprint density at radius 2 is 2.11 bits per heavy atom. The average molecular weight is 285 g/mol. The molecule has 1 aromatic rings. The minimum absolute atomic E-state index is 0.0462. The zero-order chi connectivity index (χ0) is 14.5. The van der Waals surface area contributed by atoms with Crippen molar-refractivity contribution in [2.75, 3.05) is 17.6 Å². The molecule has 1 aromatic carbocycles. The van der Waals surface area contributed by atoms with E-state index in [-0.39, 0.29) is 22.6 Å². The first-order valence-corrected chi connectivity index (χ1v) is 7.26. The van der Waals surface area contributed by atoms with Crippen LogP contribution in [0.1, 0.15) is 34.1 Å². The molecule has 0 aliphatic carbocycles. The van der Waals surface area contributed by atoms with Gasteiger partial charge in [0.15, 0.2) is 0 Å². The first-order valence-electron chi connectivity index (χ1n) is 5.61. The summed E-state index contributed by atoms with van der Waals surface area (Å²) in [7, 11) is -2.35. The predicted octanol–water partition coefficient (Wildman–Crippen LogP) is 1.44. The lowest BCUT2D eigenvalue weighted by Crippen LogP contribution is -2.18. The molecular formula is C12H15NO5S. The number of hydrogen-bond donors (Lipinski definition) is 1. The molecule has 0 unspecified atom stereocenters. The van der Waals surface area contributed by atoms with Crippen molar-refractivity contribution in [2.24, 2.45) is 0 Å². The van der Waals surface area contributed by atoms with Crippen molar-refractivity contribution in [1.29, 1.82) is 0 Å². The third-order valence-corrected chi connectivity index (χ3v) is 3.80. The predicted molar refractivity (Wildman–Crippen MR) is 70.9 cm³/mol. The fourth-order valence-corrected chi connectivity index (χ4v) is 2.64. The molecule has 19 heavy (non-hydrogen) atoms. The summed E-state index contributed by atoms with van der Waals surface area (Å²) < 4.78 is 30.3. The Balaban J connectivity index is 3.22. The van der Waals surface area contributed by atoms with Crippen LogP contribution in [0.5, 0.6) is 0 Å². The third kappa shape index (κ3) is 4.06. The van der Waals surface area contributed by atoms with Gasteiger partial charge in [0.1, 0.15) is 6.29 Å². The lowest BCUT2D eigenvalue weighted by molar-refractivity contribution is 0.0601. The van der Waals surface area contributed by atoms with Crippen LogP contribution < -0.4 is 4.72 Å². The number of esters is 1. The van der Waals surface area contributed by atoms with Crippen LogP contribution in [0.4, 0.5) is 5.69 Å². The van der Waals surface area contributed by atoms with E-state index in [0.717, 1.165) is 0 Å². The van der Waals surface area contributed by atoms with Crippen LogP contribution in [0.2, 0.25) is 0 Å². The van der Waals surface area contributed by atoms with Gasteiger partial charge in [0.05, 0.1) is 24.1 Å². The smallest absolute Gasteiger partial charge is 0.339 e. The summed E-state index contributed by atoms with van der Waals surface area (Å²) >= 11 is 0. The third-order valence-electron chi connectivity index (χ3n) is 2.32. The number of sulfonamides is 1. The van der Waals surface area contributed by atoms with E-state index in [2.05, 4.69) is 9.46 Å². The van der Waals surface area contributed by atoms with Gasteiger partial charge in [-0.15, -0.1) is 0 Å². The van der Waals surface area contributed by atoms with Gasteiger partial charge in [-0.25, -0.2) is 13.2 Å². The Morgan fingerprint density at radius 1 is 1.42 bits per heavy atom. The van der Waals surface area contributed by atoms with E-state index in [9.17, 15) is 18.0 Å². The molecule has 0 atom stereocenters. The molecule has 0 spiro atoms. The van der Waals surface area contributed by atoms with Crippen LogP contribution in [0.15, 0.2) is 18.2 Å². The summed E-state index contributed by atoms with van der Waals surface area (Å²) in [6.07, 6.45) is 1.01. The Morgan fingerprint density at radius 3 is 2.63 bits per heavy atom. The largest absolute Gasteiger partial charge is 0.465 e. The molecule has 6 nitrogen and oxygen atoms in total. The average Bonchev–Trinajstić information content (AvgIpc) is 2.37. The molecule has 0 aliphatic rings. The standard InChI is InChI=1S/C12H15NO5S/c1-3-6-19(16,17)13-11-7-9(8-14)4-5-10(11)12(15)18-2/h4-5,7-8,13H,3,6H2,1-2H3. The maximum Gasteiger partial charge on any atom is 0.339 e. The van der Waals surface area contributed by atoms with Crippen LogP contribution >= 0.6 is 0 Å². The molecule has 1 N–H and O–H groups in total. The summed E-state index contributed by atoms with van der Waals surface area (Å²) in [5, 5.41) is 0. The molecule has 0 radical (unpaired) electrons. The number of aldehydes is 1. The van der Waals surface area contributed by atoms with Crippen molar-refractivity contribution >= 4 is 28.0 Å². The highest BCUT2D eigenvalue weighted by Gasteiger charge is 2.17. The van der Waals surface area contributed by atoms with Crippen molar-refractivity contribution in [3.05, 3.63) is 29.3 Å². The van der Waals surface area contributed by atoms with Crippen molar-refractivity contribution in [3.8, 4) is 0 Å². The highest BCUT2D eigenvalue weighted by molar-refractivity contribution is 7.92. The lowest BCUT2D eigenvalue weighted by atomic mass is 10.1. The quantitative estimate of drug-likeness (QED) is 0.631. The Hall–Kier alpha value is -1.89. The molecular weight excluding hydrogens is 270 g/mol. The SMILES string of the molecule is CCCS(=O)(=O)Nc1cc(C=O)ccc1C(=O)OC. The summed E-state index contributed by atoms with van der Waals surface area (Å²) in [4.78, 5) is 22.2. The number of benzene rings is 1. The number of hydrogen-bond acceptors (Lipinski definition) is 5. The Bertz CT molecular complexity index is 580. The highest BCUT2D eigenvalue weighted by Crippen LogP contribution is 2.20. The number of methoxy groups -OCH3 is 1. The first kappa shape index (κ1) is 15.2. The molecule has 0 aliphatic heterocycles. The fraction of sp³-hybridized carbons (Fsp3) is 0.333. The Kier molecular flexibility index (Phi) is 5.05. The van der Waals surface area contributed by atoms with Gasteiger partial charge in [-0.3, -0.25) is 9.52 Å². The van der Waals surface area contributed by atoms with Crippen LogP contribution in [0.3, 0.4) is 0 Å². The zero-order valence-corrected chi connectivity index (χ0v) is 11.5. The van der Waals surface area contributed by atoms with Gasteiger partial charge in [-0.2, -0.15) is 0 Å². The molecule has 7 heteroatoms. The number of ether oxygens (including phenoxy) is 1. The second-order valence-electron chi connectivity index (χ2n) is 3.84. The van der Waals surface area contributed by atoms with E-state index >= 15 is 0 Å². The molecule has 0 saturated heterocycles. The van der Waals surface area contributed by atoms with Gasteiger partial charge >= 0.3 is 5.97 Å². The molecule has 0 fully saturated rings. The first-order chi connectivity index (χ1) is 8.93. The van der Waals surface area contributed by atoms with Crippen molar-refractivity contribution in [2.45, 2.75) is 13.3 Å². The van der Waals surface area contributed by atoms with E-state index in [0.29, 0.717) is 12.7 Å². The Labute approximate surface area is 111 Å². The molecule has 0 bridgehead atoms. The van der Waals surface area contributed by atoms with Gasteiger partial charge in [0.25, 0.3) is 0 Å². The summed E-state index contributed by atoms with van der Waals surface area (Å²) in [6.45, 7) is 1.72. The van der Waals surface area contributed by atoms with Crippen LogP contribution in [0, 0.1) is 0 Å². The summed E-state index contributed by atoms with van der Waals surface area (Å²) in [5.74, 6) is -0.745. The molecule has 1 rings (SSSR count). The van der Waals surface area contributed by atoms with Crippen LogP contribution in [-0.4, -0.2) is 33.5 Å². The van der Waals surface area contributed by atoms with Crippen molar-refractivity contribution in [1.82, 2.24) is 0 Å². The molecule has 0 amide bonds. The number of carbonyl (C=O) groups is 2. The molecule has 104 valence electrons. The van der Waals surface area contributed by atoms with Crippen LogP contribution in [0.25, 0.3) is 0 Å². The second kappa shape index (κ2) is 6.33. The van der Waals surface area contributed by atoms with E-state index in [1.807, 2.05) is 0 Å². The molecule has 0 heterocycles. The fourth-order valence-electron chi connectivity index (χ4n) is 1.49. The summed E-state index contributed by atoms with van der Waals surface area (Å²) in [5.41, 5.74) is 0.375. The van der Waals surface area contributed by atoms with Gasteiger partial charge in [-0.05, 0) is 18.6 Å². The lowest BCUT2D eigenvalue weighted by Gasteiger charge is -2.11.